The molecule has 3 amide bonds. The Morgan fingerprint density at radius 2 is 1.94 bits per heavy atom. The average Bonchev–Trinajstić information content (AvgIpc) is 2.81. The van der Waals surface area contributed by atoms with Gasteiger partial charge < -0.3 is 20.3 Å². The number of ether oxygens (including phenoxy) is 1. The van der Waals surface area contributed by atoms with E-state index in [4.69, 9.17) is 16.3 Å². The van der Waals surface area contributed by atoms with E-state index in [-0.39, 0.29) is 42.8 Å². The van der Waals surface area contributed by atoms with Gasteiger partial charge in [0.15, 0.2) is 0 Å². The van der Waals surface area contributed by atoms with E-state index in [0.717, 1.165) is 0 Å². The zero-order valence-electron chi connectivity index (χ0n) is 19.6. The molecule has 1 aromatic carbocycles. The molecule has 2 aromatic rings. The molecule has 0 spiro atoms. The molecule has 2 heterocycles. The van der Waals surface area contributed by atoms with Crippen molar-refractivity contribution in [1.29, 1.82) is 0 Å². The fourth-order valence-corrected chi connectivity index (χ4v) is 3.65. The van der Waals surface area contributed by atoms with Crippen molar-refractivity contribution in [3.8, 4) is 5.75 Å². The predicted octanol–water partition coefficient (Wildman–Crippen LogP) is 2.62. The third-order valence-corrected chi connectivity index (χ3v) is 5.78. The van der Waals surface area contributed by atoms with E-state index in [9.17, 15) is 14.4 Å². The van der Waals surface area contributed by atoms with Gasteiger partial charge >= 0.3 is 0 Å². The highest BCUT2D eigenvalue weighted by atomic mass is 35.5. The van der Waals surface area contributed by atoms with Gasteiger partial charge in [-0.2, -0.15) is 0 Å². The molecule has 0 unspecified atom stereocenters. The largest absolute Gasteiger partial charge is 0.491 e. The second-order valence-corrected chi connectivity index (χ2v) is 9.01. The number of amides is 3. The zero-order chi connectivity index (χ0) is 24.7. The maximum atomic E-state index is 13.1. The van der Waals surface area contributed by atoms with Crippen molar-refractivity contribution in [1.82, 2.24) is 25.5 Å². The SMILES string of the molecule is Cc1ncc(C(=O)N2CCCCNC(=O)c3cc(Cl)ccc3OC[C@@H](C(C)C)NC(=O)C2)cn1. The molecule has 1 aromatic heterocycles. The molecular formula is C24H30ClN5O4. The summed E-state index contributed by atoms with van der Waals surface area (Å²) in [6, 6.07) is 4.54. The number of rotatable bonds is 2. The van der Waals surface area contributed by atoms with Gasteiger partial charge in [-0.05, 0) is 43.9 Å². The molecule has 182 valence electrons. The molecule has 0 bridgehead atoms. The number of fused-ring (bicyclic) bond motifs is 1. The summed E-state index contributed by atoms with van der Waals surface area (Å²) < 4.78 is 5.93. The first kappa shape index (κ1) is 25.4. The number of halogens is 1. The predicted molar refractivity (Wildman–Crippen MR) is 128 cm³/mol. The summed E-state index contributed by atoms with van der Waals surface area (Å²) in [6.07, 6.45) is 4.14. The van der Waals surface area contributed by atoms with Crippen LogP contribution in [0.3, 0.4) is 0 Å². The van der Waals surface area contributed by atoms with Crippen LogP contribution in [0.15, 0.2) is 30.6 Å². The van der Waals surface area contributed by atoms with Gasteiger partial charge in [0.25, 0.3) is 11.8 Å². The van der Waals surface area contributed by atoms with Crippen LogP contribution in [0.4, 0.5) is 0 Å². The molecule has 34 heavy (non-hydrogen) atoms. The first-order valence-corrected chi connectivity index (χ1v) is 11.7. The molecule has 0 saturated heterocycles. The normalized spacial score (nSPS) is 18.1. The molecule has 3 rings (SSSR count). The van der Waals surface area contributed by atoms with Crippen LogP contribution in [0.1, 0.15) is 53.2 Å². The van der Waals surface area contributed by atoms with Crippen LogP contribution in [0.2, 0.25) is 5.02 Å². The third-order valence-electron chi connectivity index (χ3n) is 5.55. The van der Waals surface area contributed by atoms with E-state index in [1.807, 2.05) is 13.8 Å². The van der Waals surface area contributed by atoms with Crippen molar-refractivity contribution in [3.63, 3.8) is 0 Å². The Labute approximate surface area is 204 Å². The molecule has 0 radical (unpaired) electrons. The highest BCUT2D eigenvalue weighted by Crippen LogP contribution is 2.24. The molecule has 0 aliphatic carbocycles. The first-order valence-electron chi connectivity index (χ1n) is 11.3. The lowest BCUT2D eigenvalue weighted by Crippen LogP contribution is -2.48. The molecular weight excluding hydrogens is 458 g/mol. The van der Waals surface area contributed by atoms with Gasteiger partial charge in [-0.25, -0.2) is 9.97 Å². The van der Waals surface area contributed by atoms with Gasteiger partial charge in [0, 0.05) is 30.5 Å². The molecule has 1 atom stereocenters. The first-order chi connectivity index (χ1) is 16.2. The Hall–Kier alpha value is -3.20. The van der Waals surface area contributed by atoms with Crippen LogP contribution < -0.4 is 15.4 Å². The van der Waals surface area contributed by atoms with Crippen LogP contribution in [0, 0.1) is 12.8 Å². The second kappa shape index (κ2) is 11.8. The number of aryl methyl sites for hydroxylation is 1. The minimum absolute atomic E-state index is 0.0545. The number of carbonyl (C=O) groups excluding carboxylic acids is 3. The maximum absolute atomic E-state index is 13.1. The molecule has 2 N–H and O–H groups in total. The molecule has 1 aliphatic heterocycles. The number of hydrogen-bond acceptors (Lipinski definition) is 6. The highest BCUT2D eigenvalue weighted by molar-refractivity contribution is 6.31. The zero-order valence-corrected chi connectivity index (χ0v) is 20.4. The van der Waals surface area contributed by atoms with E-state index >= 15 is 0 Å². The summed E-state index contributed by atoms with van der Waals surface area (Å²) in [6.45, 7) is 6.47. The monoisotopic (exact) mass is 487 g/mol. The Morgan fingerprint density at radius 1 is 1.21 bits per heavy atom. The van der Waals surface area contributed by atoms with Crippen LogP contribution >= 0.6 is 11.6 Å². The van der Waals surface area contributed by atoms with Crippen molar-refractivity contribution in [2.45, 2.75) is 39.7 Å². The fraction of sp³-hybridized carbons (Fsp3) is 0.458. The van der Waals surface area contributed by atoms with Crippen LogP contribution in [0.25, 0.3) is 0 Å². The van der Waals surface area contributed by atoms with E-state index in [1.165, 1.54) is 17.3 Å². The number of benzene rings is 1. The summed E-state index contributed by atoms with van der Waals surface area (Å²) >= 11 is 6.10. The van der Waals surface area contributed by atoms with Gasteiger partial charge in [-0.1, -0.05) is 25.4 Å². The van der Waals surface area contributed by atoms with E-state index < -0.39 is 0 Å². The fourth-order valence-electron chi connectivity index (χ4n) is 3.47. The van der Waals surface area contributed by atoms with Gasteiger partial charge in [-0.15, -0.1) is 0 Å². The van der Waals surface area contributed by atoms with Gasteiger partial charge in [0.05, 0.1) is 23.7 Å². The van der Waals surface area contributed by atoms with Crippen molar-refractivity contribution in [2.24, 2.45) is 5.92 Å². The lowest BCUT2D eigenvalue weighted by Gasteiger charge is -2.26. The summed E-state index contributed by atoms with van der Waals surface area (Å²) in [5.74, 6) is 0.116. The topological polar surface area (TPSA) is 114 Å². The van der Waals surface area contributed by atoms with E-state index in [1.54, 1.807) is 25.1 Å². The van der Waals surface area contributed by atoms with Crippen molar-refractivity contribution in [3.05, 3.63) is 52.6 Å². The number of nitrogens with zero attached hydrogens (tertiary/aromatic N) is 3. The summed E-state index contributed by atoms with van der Waals surface area (Å²) in [7, 11) is 0. The quantitative estimate of drug-likeness (QED) is 0.673. The summed E-state index contributed by atoms with van der Waals surface area (Å²) in [5, 5.41) is 6.27. The Bertz CT molecular complexity index is 1030. The number of aromatic nitrogens is 2. The summed E-state index contributed by atoms with van der Waals surface area (Å²) in [4.78, 5) is 48.4. The van der Waals surface area contributed by atoms with Crippen molar-refractivity contribution < 1.29 is 19.1 Å². The Balaban J connectivity index is 1.82. The second-order valence-electron chi connectivity index (χ2n) is 8.58. The molecule has 0 fully saturated rings. The smallest absolute Gasteiger partial charge is 0.257 e. The maximum Gasteiger partial charge on any atom is 0.257 e. The number of nitrogens with one attached hydrogen (secondary N) is 2. The van der Waals surface area contributed by atoms with Gasteiger partial charge in [0.1, 0.15) is 18.2 Å². The number of hydrogen-bond donors (Lipinski definition) is 2. The van der Waals surface area contributed by atoms with Gasteiger partial charge in [-0.3, -0.25) is 14.4 Å². The lowest BCUT2D eigenvalue weighted by molar-refractivity contribution is -0.123. The summed E-state index contributed by atoms with van der Waals surface area (Å²) in [5.41, 5.74) is 0.660. The Morgan fingerprint density at radius 3 is 2.65 bits per heavy atom. The van der Waals surface area contributed by atoms with E-state index in [0.29, 0.717) is 53.7 Å². The molecule has 9 nitrogen and oxygen atoms in total. The highest BCUT2D eigenvalue weighted by Gasteiger charge is 2.24. The lowest BCUT2D eigenvalue weighted by atomic mass is 10.1. The van der Waals surface area contributed by atoms with Gasteiger partial charge in [0.2, 0.25) is 5.91 Å². The molecule has 0 saturated carbocycles. The Kier molecular flexibility index (Phi) is 8.81. The standard InChI is InChI=1S/C24H30ClN5O4/c1-15(2)20-14-34-21-7-6-18(25)10-19(21)23(32)26-8-4-5-9-30(13-22(31)29-20)24(33)17-11-27-16(3)28-12-17/h6-7,10-12,15,20H,4-5,8-9,13-14H2,1-3H3,(H,26,32)(H,29,31)/t20-/m0/s1. The van der Waals surface area contributed by atoms with E-state index in [2.05, 4.69) is 20.6 Å². The molecule has 10 heteroatoms. The number of carbonyl (C=O) groups is 3. The van der Waals surface area contributed by atoms with Crippen LogP contribution in [0.5, 0.6) is 5.75 Å². The average molecular weight is 488 g/mol. The third kappa shape index (κ3) is 6.90. The van der Waals surface area contributed by atoms with Crippen molar-refractivity contribution >= 4 is 29.3 Å². The van der Waals surface area contributed by atoms with Crippen LogP contribution in [-0.4, -0.2) is 64.9 Å². The minimum Gasteiger partial charge on any atom is -0.491 e. The van der Waals surface area contributed by atoms with Crippen LogP contribution in [-0.2, 0) is 4.79 Å². The molecule has 1 aliphatic rings. The minimum atomic E-state index is -0.330. The van der Waals surface area contributed by atoms with Crippen molar-refractivity contribution in [2.75, 3.05) is 26.2 Å².